The molecular formula is C21H26F3NO3. The third-order valence-corrected chi connectivity index (χ3v) is 6.55. The first-order chi connectivity index (χ1) is 13.0. The first-order valence-electron chi connectivity index (χ1n) is 9.82. The highest BCUT2D eigenvalue weighted by Gasteiger charge is 2.53. The van der Waals surface area contributed by atoms with Crippen LogP contribution in [0.15, 0.2) is 18.2 Å². The highest BCUT2D eigenvalue weighted by Crippen LogP contribution is 2.49. The third kappa shape index (κ3) is 3.61. The van der Waals surface area contributed by atoms with E-state index >= 15 is 0 Å². The molecule has 3 aliphatic rings. The second-order valence-electron chi connectivity index (χ2n) is 9.25. The maximum atomic E-state index is 12.9. The van der Waals surface area contributed by atoms with Gasteiger partial charge in [-0.05, 0) is 69.7 Å². The number of halogens is 3. The smallest absolute Gasteiger partial charge is 0.416 e. The molecule has 1 atom stereocenters. The molecule has 1 aromatic carbocycles. The van der Waals surface area contributed by atoms with Crippen LogP contribution in [0, 0.1) is 18.3 Å². The van der Waals surface area contributed by atoms with Gasteiger partial charge >= 0.3 is 6.18 Å². The van der Waals surface area contributed by atoms with Crippen molar-refractivity contribution < 1.29 is 27.8 Å². The number of nitrogens with zero attached hydrogens (tertiary/aromatic N) is 1. The number of hydrogen-bond acceptors (Lipinski definition) is 3. The van der Waals surface area contributed by atoms with Gasteiger partial charge in [-0.1, -0.05) is 0 Å². The lowest BCUT2D eigenvalue weighted by Crippen LogP contribution is -2.61. The fraction of sp³-hybridized carbons (Fsp3) is 0.667. The second kappa shape index (κ2) is 6.37. The van der Waals surface area contributed by atoms with E-state index < -0.39 is 17.3 Å². The zero-order valence-corrected chi connectivity index (χ0v) is 16.2. The molecule has 3 fully saturated rings. The number of carbonyl (C=O) groups excluding carboxylic acids is 1. The molecule has 0 unspecified atom stereocenters. The maximum absolute atomic E-state index is 12.9. The van der Waals surface area contributed by atoms with Gasteiger partial charge in [-0.3, -0.25) is 4.79 Å². The average molecular weight is 397 g/mol. The summed E-state index contributed by atoms with van der Waals surface area (Å²) < 4.78 is 44.6. The quantitative estimate of drug-likeness (QED) is 0.841. The molecule has 0 aromatic heterocycles. The lowest BCUT2D eigenvalue weighted by molar-refractivity contribution is -0.161. The lowest BCUT2D eigenvalue weighted by atomic mass is 9.70. The number of hydrogen-bond donors (Lipinski definition) is 1. The predicted octanol–water partition coefficient (Wildman–Crippen LogP) is 3.93. The third-order valence-electron chi connectivity index (χ3n) is 6.55. The number of ether oxygens (including phenoxy) is 1. The zero-order valence-electron chi connectivity index (χ0n) is 16.2. The number of carbonyl (C=O) groups is 1. The number of amides is 1. The van der Waals surface area contributed by atoms with Gasteiger partial charge in [0.25, 0.3) is 0 Å². The molecule has 0 radical (unpaired) electrons. The van der Waals surface area contributed by atoms with Gasteiger partial charge in [0, 0.05) is 24.4 Å². The number of alkyl halides is 3. The largest absolute Gasteiger partial charge is 0.490 e. The van der Waals surface area contributed by atoms with Crippen molar-refractivity contribution in [2.75, 3.05) is 13.1 Å². The minimum atomic E-state index is -4.35. The average Bonchev–Trinajstić information content (AvgIpc) is 2.93. The van der Waals surface area contributed by atoms with Gasteiger partial charge in [-0.2, -0.15) is 13.2 Å². The van der Waals surface area contributed by atoms with E-state index in [1.54, 1.807) is 6.92 Å². The highest BCUT2D eigenvalue weighted by molar-refractivity contribution is 5.81. The standard InChI is InChI=1S/C21H26F3NO3/c1-13-7-15(3-4-17(13)21(22,23)24)28-16-5-6-20(10-16)11-25(12-20)18(26)14-8-19(2,27)9-14/h3-4,7,14,16,27H,5-6,8-12H2,1-2H3/t14?,16-,19?/m1/s1. The molecule has 154 valence electrons. The van der Waals surface area contributed by atoms with Crippen LogP contribution in [0.4, 0.5) is 13.2 Å². The molecule has 1 aromatic rings. The number of aryl methyl sites for hydroxylation is 1. The molecule has 2 aliphatic carbocycles. The summed E-state index contributed by atoms with van der Waals surface area (Å²) in [5.74, 6) is 0.548. The molecule has 1 amide bonds. The van der Waals surface area contributed by atoms with Gasteiger partial charge in [0.15, 0.2) is 0 Å². The number of likely N-dealkylation sites (tertiary alicyclic amines) is 1. The molecular weight excluding hydrogens is 371 g/mol. The molecule has 1 spiro atoms. The van der Waals surface area contributed by atoms with E-state index in [1.807, 2.05) is 4.90 Å². The number of rotatable bonds is 3. The summed E-state index contributed by atoms with van der Waals surface area (Å²) in [6.07, 6.45) is -0.681. The molecule has 2 saturated carbocycles. The van der Waals surface area contributed by atoms with E-state index in [4.69, 9.17) is 4.74 Å². The molecule has 1 heterocycles. The molecule has 1 saturated heterocycles. The van der Waals surface area contributed by atoms with Crippen molar-refractivity contribution in [1.29, 1.82) is 0 Å². The monoisotopic (exact) mass is 397 g/mol. The van der Waals surface area contributed by atoms with Crippen LogP contribution in [0.25, 0.3) is 0 Å². The minimum absolute atomic E-state index is 0.0298. The van der Waals surface area contributed by atoms with Crippen LogP contribution < -0.4 is 4.74 Å². The fourth-order valence-electron chi connectivity index (χ4n) is 5.12. The van der Waals surface area contributed by atoms with Crippen molar-refractivity contribution in [2.24, 2.45) is 11.3 Å². The Kier molecular flexibility index (Phi) is 4.45. The van der Waals surface area contributed by atoms with E-state index in [2.05, 4.69) is 0 Å². The van der Waals surface area contributed by atoms with Crippen molar-refractivity contribution in [3.8, 4) is 5.75 Å². The van der Waals surface area contributed by atoms with E-state index in [0.717, 1.165) is 38.4 Å². The predicted molar refractivity (Wildman–Crippen MR) is 96.8 cm³/mol. The Labute approximate surface area is 162 Å². The van der Waals surface area contributed by atoms with E-state index in [1.165, 1.54) is 19.1 Å². The summed E-state index contributed by atoms with van der Waals surface area (Å²) in [7, 11) is 0. The van der Waals surface area contributed by atoms with Gasteiger partial charge in [0.05, 0.1) is 17.3 Å². The van der Waals surface area contributed by atoms with Crippen LogP contribution in [0.3, 0.4) is 0 Å². The molecule has 1 aliphatic heterocycles. The van der Waals surface area contributed by atoms with E-state index in [9.17, 15) is 23.1 Å². The Morgan fingerprint density at radius 1 is 1.25 bits per heavy atom. The molecule has 4 nitrogen and oxygen atoms in total. The summed E-state index contributed by atoms with van der Waals surface area (Å²) in [5, 5.41) is 9.82. The van der Waals surface area contributed by atoms with Crippen molar-refractivity contribution in [2.45, 2.75) is 63.8 Å². The van der Waals surface area contributed by atoms with Crippen LogP contribution >= 0.6 is 0 Å². The Bertz CT molecular complexity index is 776. The van der Waals surface area contributed by atoms with Crippen molar-refractivity contribution in [1.82, 2.24) is 4.90 Å². The Balaban J connectivity index is 1.30. The minimum Gasteiger partial charge on any atom is -0.490 e. The Morgan fingerprint density at radius 3 is 2.50 bits per heavy atom. The van der Waals surface area contributed by atoms with Gasteiger partial charge in [-0.15, -0.1) is 0 Å². The number of aliphatic hydroxyl groups is 1. The van der Waals surface area contributed by atoms with Gasteiger partial charge in [0.1, 0.15) is 5.75 Å². The van der Waals surface area contributed by atoms with Gasteiger partial charge < -0.3 is 14.7 Å². The summed E-state index contributed by atoms with van der Waals surface area (Å²) in [6, 6.07) is 3.92. The SMILES string of the molecule is Cc1cc(O[C@@H]2CCC3(C2)CN(C(=O)C2CC(C)(O)C2)C3)ccc1C(F)(F)F. The Morgan fingerprint density at radius 2 is 1.93 bits per heavy atom. The topological polar surface area (TPSA) is 49.8 Å². The lowest BCUT2D eigenvalue weighted by Gasteiger charge is -2.51. The van der Waals surface area contributed by atoms with Crippen molar-refractivity contribution in [3.63, 3.8) is 0 Å². The fourth-order valence-corrected chi connectivity index (χ4v) is 5.12. The summed E-state index contributed by atoms with van der Waals surface area (Å²) in [4.78, 5) is 14.3. The summed E-state index contributed by atoms with van der Waals surface area (Å²) in [6.45, 7) is 4.64. The molecule has 1 N–H and O–H groups in total. The van der Waals surface area contributed by atoms with Crippen LogP contribution in [-0.4, -0.2) is 40.7 Å². The first kappa shape index (κ1) is 19.6. The van der Waals surface area contributed by atoms with Gasteiger partial charge in [-0.25, -0.2) is 0 Å². The van der Waals surface area contributed by atoms with Crippen molar-refractivity contribution >= 4 is 5.91 Å². The first-order valence-corrected chi connectivity index (χ1v) is 9.82. The van der Waals surface area contributed by atoms with Crippen LogP contribution in [0.2, 0.25) is 0 Å². The summed E-state index contributed by atoms with van der Waals surface area (Å²) in [5.41, 5.74) is -1.09. The van der Waals surface area contributed by atoms with Crippen LogP contribution in [-0.2, 0) is 11.0 Å². The van der Waals surface area contributed by atoms with Crippen LogP contribution in [0.1, 0.15) is 50.2 Å². The Hall–Kier alpha value is -1.76. The second-order valence-corrected chi connectivity index (χ2v) is 9.25. The maximum Gasteiger partial charge on any atom is 0.416 e. The van der Waals surface area contributed by atoms with E-state index in [-0.39, 0.29) is 28.9 Å². The van der Waals surface area contributed by atoms with Gasteiger partial charge in [0.2, 0.25) is 5.91 Å². The molecule has 0 bridgehead atoms. The van der Waals surface area contributed by atoms with E-state index in [0.29, 0.717) is 18.6 Å². The molecule has 7 heteroatoms. The molecule has 28 heavy (non-hydrogen) atoms. The summed E-state index contributed by atoms with van der Waals surface area (Å²) >= 11 is 0. The zero-order chi connectivity index (χ0) is 20.3. The highest BCUT2D eigenvalue weighted by atomic mass is 19.4. The molecule has 4 rings (SSSR count). The van der Waals surface area contributed by atoms with Crippen molar-refractivity contribution in [3.05, 3.63) is 29.3 Å². The number of benzene rings is 1. The van der Waals surface area contributed by atoms with Crippen LogP contribution in [0.5, 0.6) is 5.75 Å². The normalized spacial score (nSPS) is 31.4.